The molecule has 0 amide bonds. The molecule has 1 fully saturated rings. The van der Waals surface area contributed by atoms with Crippen molar-refractivity contribution in [3.63, 3.8) is 0 Å². The quantitative estimate of drug-likeness (QED) is 0.882. The molecule has 2 heterocycles. The van der Waals surface area contributed by atoms with Gasteiger partial charge in [0.25, 0.3) is 0 Å². The Morgan fingerprint density at radius 2 is 2.26 bits per heavy atom. The monoisotopic (exact) mass is 261 g/mol. The van der Waals surface area contributed by atoms with Gasteiger partial charge in [0.15, 0.2) is 0 Å². The molecule has 3 heteroatoms. The average molecular weight is 261 g/mol. The molecule has 3 nitrogen and oxygen atoms in total. The predicted octanol–water partition coefficient (Wildman–Crippen LogP) is 3.21. The summed E-state index contributed by atoms with van der Waals surface area (Å²) in [6.07, 6.45) is 5.88. The standard InChI is InChI=1S/C16H27N3/c1-13(2)11-17-12-15-7-8-18-16(10-15)19-9-5-4-6-14(19)3/h7-8,10,13-14,17H,4-6,9,11-12H2,1-3H3. The van der Waals surface area contributed by atoms with Gasteiger partial charge in [0.1, 0.15) is 5.82 Å². The summed E-state index contributed by atoms with van der Waals surface area (Å²) in [6.45, 7) is 9.94. The van der Waals surface area contributed by atoms with Crippen LogP contribution in [-0.2, 0) is 6.54 Å². The fourth-order valence-electron chi connectivity index (χ4n) is 2.67. The van der Waals surface area contributed by atoms with Crippen molar-refractivity contribution in [1.29, 1.82) is 0 Å². The summed E-state index contributed by atoms with van der Waals surface area (Å²) in [6, 6.07) is 4.99. The SMILES string of the molecule is CC(C)CNCc1ccnc(N2CCCCC2C)c1. The number of hydrogen-bond donors (Lipinski definition) is 1. The molecule has 1 aliphatic heterocycles. The maximum Gasteiger partial charge on any atom is 0.129 e. The molecule has 1 aromatic rings. The lowest BCUT2D eigenvalue weighted by Gasteiger charge is -2.34. The van der Waals surface area contributed by atoms with E-state index in [-0.39, 0.29) is 0 Å². The first kappa shape index (κ1) is 14.3. The predicted molar refractivity (Wildman–Crippen MR) is 81.4 cm³/mol. The van der Waals surface area contributed by atoms with Crippen molar-refractivity contribution in [2.45, 2.75) is 52.6 Å². The van der Waals surface area contributed by atoms with Crippen molar-refractivity contribution >= 4 is 5.82 Å². The molecule has 0 radical (unpaired) electrons. The molecule has 1 unspecified atom stereocenters. The van der Waals surface area contributed by atoms with E-state index in [0.29, 0.717) is 12.0 Å². The summed E-state index contributed by atoms with van der Waals surface area (Å²) in [5.41, 5.74) is 1.34. The Labute approximate surface area is 117 Å². The van der Waals surface area contributed by atoms with Gasteiger partial charge in [-0.05, 0) is 56.3 Å². The van der Waals surface area contributed by atoms with Crippen LogP contribution in [0.25, 0.3) is 0 Å². The van der Waals surface area contributed by atoms with Gasteiger partial charge in [-0.1, -0.05) is 13.8 Å². The molecule has 0 bridgehead atoms. The van der Waals surface area contributed by atoms with E-state index >= 15 is 0 Å². The molecule has 106 valence electrons. The van der Waals surface area contributed by atoms with Gasteiger partial charge in [-0.3, -0.25) is 0 Å². The third-order valence-corrected chi connectivity index (χ3v) is 3.79. The molecule has 1 N–H and O–H groups in total. The van der Waals surface area contributed by atoms with Crippen molar-refractivity contribution in [3.8, 4) is 0 Å². The highest BCUT2D eigenvalue weighted by Crippen LogP contribution is 2.23. The number of pyridine rings is 1. The van der Waals surface area contributed by atoms with Crippen molar-refractivity contribution in [2.75, 3.05) is 18.0 Å². The highest BCUT2D eigenvalue weighted by Gasteiger charge is 2.19. The third kappa shape index (κ3) is 4.20. The smallest absolute Gasteiger partial charge is 0.129 e. The van der Waals surface area contributed by atoms with Gasteiger partial charge in [-0.25, -0.2) is 4.98 Å². The van der Waals surface area contributed by atoms with Crippen LogP contribution in [0.5, 0.6) is 0 Å². The van der Waals surface area contributed by atoms with E-state index in [1.807, 2.05) is 6.20 Å². The zero-order chi connectivity index (χ0) is 13.7. The van der Waals surface area contributed by atoms with Crippen molar-refractivity contribution in [3.05, 3.63) is 23.9 Å². The van der Waals surface area contributed by atoms with Gasteiger partial charge < -0.3 is 10.2 Å². The van der Waals surface area contributed by atoms with Crippen molar-refractivity contribution in [1.82, 2.24) is 10.3 Å². The normalized spacial score (nSPS) is 20.0. The Balaban J connectivity index is 1.98. The van der Waals surface area contributed by atoms with Crippen molar-refractivity contribution in [2.24, 2.45) is 5.92 Å². The van der Waals surface area contributed by atoms with E-state index in [1.165, 1.54) is 24.8 Å². The molecule has 0 aliphatic carbocycles. The van der Waals surface area contributed by atoms with Gasteiger partial charge >= 0.3 is 0 Å². The molecule has 1 saturated heterocycles. The Bertz CT molecular complexity index is 389. The van der Waals surface area contributed by atoms with Crippen LogP contribution in [0.1, 0.15) is 45.6 Å². The van der Waals surface area contributed by atoms with Crippen LogP contribution in [-0.4, -0.2) is 24.1 Å². The topological polar surface area (TPSA) is 28.2 Å². The first-order valence-corrected chi connectivity index (χ1v) is 7.59. The highest BCUT2D eigenvalue weighted by atomic mass is 15.2. The van der Waals surface area contributed by atoms with E-state index < -0.39 is 0 Å². The summed E-state index contributed by atoms with van der Waals surface area (Å²) in [5, 5.41) is 3.50. The molecular formula is C16H27N3. The van der Waals surface area contributed by atoms with E-state index in [2.05, 4.69) is 48.1 Å². The van der Waals surface area contributed by atoms with Gasteiger partial charge in [0.05, 0.1) is 0 Å². The zero-order valence-corrected chi connectivity index (χ0v) is 12.5. The first-order chi connectivity index (χ1) is 9.16. The Morgan fingerprint density at radius 1 is 1.42 bits per heavy atom. The minimum absolute atomic E-state index is 0.625. The largest absolute Gasteiger partial charge is 0.354 e. The molecule has 0 saturated carbocycles. The first-order valence-electron chi connectivity index (χ1n) is 7.59. The second-order valence-corrected chi connectivity index (χ2v) is 6.09. The van der Waals surface area contributed by atoms with Crippen LogP contribution in [0.15, 0.2) is 18.3 Å². The van der Waals surface area contributed by atoms with E-state index in [4.69, 9.17) is 0 Å². The molecule has 1 aromatic heterocycles. The minimum atomic E-state index is 0.625. The molecule has 0 spiro atoms. The van der Waals surface area contributed by atoms with Gasteiger partial charge in [0, 0.05) is 25.3 Å². The maximum absolute atomic E-state index is 4.55. The van der Waals surface area contributed by atoms with Crippen LogP contribution in [0.2, 0.25) is 0 Å². The van der Waals surface area contributed by atoms with Crippen LogP contribution < -0.4 is 10.2 Å². The summed E-state index contributed by atoms with van der Waals surface area (Å²) < 4.78 is 0. The number of rotatable bonds is 5. The van der Waals surface area contributed by atoms with Crippen LogP contribution in [0.3, 0.4) is 0 Å². The van der Waals surface area contributed by atoms with E-state index in [1.54, 1.807) is 0 Å². The Morgan fingerprint density at radius 3 is 3.00 bits per heavy atom. The molecular weight excluding hydrogens is 234 g/mol. The van der Waals surface area contributed by atoms with Gasteiger partial charge in [-0.15, -0.1) is 0 Å². The lowest BCUT2D eigenvalue weighted by atomic mass is 10.0. The summed E-state index contributed by atoms with van der Waals surface area (Å²) in [5.74, 6) is 1.85. The summed E-state index contributed by atoms with van der Waals surface area (Å²) >= 11 is 0. The Hall–Kier alpha value is -1.09. The number of hydrogen-bond acceptors (Lipinski definition) is 3. The minimum Gasteiger partial charge on any atom is -0.354 e. The van der Waals surface area contributed by atoms with Gasteiger partial charge in [-0.2, -0.15) is 0 Å². The second-order valence-electron chi connectivity index (χ2n) is 6.09. The fraction of sp³-hybridized carbons (Fsp3) is 0.688. The third-order valence-electron chi connectivity index (χ3n) is 3.79. The number of aromatic nitrogens is 1. The summed E-state index contributed by atoms with van der Waals surface area (Å²) in [7, 11) is 0. The molecule has 0 aromatic carbocycles. The van der Waals surface area contributed by atoms with Crippen LogP contribution in [0, 0.1) is 5.92 Å². The van der Waals surface area contributed by atoms with Crippen molar-refractivity contribution < 1.29 is 0 Å². The highest BCUT2D eigenvalue weighted by molar-refractivity contribution is 5.42. The van der Waals surface area contributed by atoms with Crippen LogP contribution >= 0.6 is 0 Å². The lowest BCUT2D eigenvalue weighted by Crippen LogP contribution is -2.38. The summed E-state index contributed by atoms with van der Waals surface area (Å²) in [4.78, 5) is 7.01. The van der Waals surface area contributed by atoms with E-state index in [9.17, 15) is 0 Å². The van der Waals surface area contributed by atoms with Gasteiger partial charge in [0.2, 0.25) is 0 Å². The molecule has 1 aliphatic rings. The fourth-order valence-corrected chi connectivity index (χ4v) is 2.67. The Kier molecular flexibility index (Phi) is 5.20. The molecule has 2 rings (SSSR count). The second kappa shape index (κ2) is 6.90. The van der Waals surface area contributed by atoms with Crippen LogP contribution in [0.4, 0.5) is 5.82 Å². The average Bonchev–Trinajstić information content (AvgIpc) is 2.39. The number of anilines is 1. The number of piperidine rings is 1. The van der Waals surface area contributed by atoms with E-state index in [0.717, 1.165) is 25.5 Å². The maximum atomic E-state index is 4.55. The number of nitrogens with zero attached hydrogens (tertiary/aromatic N) is 2. The molecule has 19 heavy (non-hydrogen) atoms. The number of nitrogens with one attached hydrogen (secondary N) is 1. The molecule has 1 atom stereocenters. The zero-order valence-electron chi connectivity index (χ0n) is 12.5. The lowest BCUT2D eigenvalue weighted by molar-refractivity contribution is 0.481.